The molecule has 1 rings (SSSR count). The van der Waals surface area contributed by atoms with Crippen molar-refractivity contribution in [1.29, 1.82) is 0 Å². The Morgan fingerprint density at radius 2 is 2.00 bits per heavy atom. The van der Waals surface area contributed by atoms with Crippen LogP contribution in [0.5, 0.6) is 0 Å². The second-order valence-corrected chi connectivity index (χ2v) is 4.08. The van der Waals surface area contributed by atoms with Crippen molar-refractivity contribution in [1.82, 2.24) is 5.32 Å². The van der Waals surface area contributed by atoms with Gasteiger partial charge in [0, 0.05) is 22.2 Å². The molecular formula is C12H15Cl2NO. The number of ether oxygens (including phenoxy) is 1. The third-order valence-corrected chi connectivity index (χ3v) is 2.81. The Morgan fingerprint density at radius 1 is 1.31 bits per heavy atom. The van der Waals surface area contributed by atoms with Crippen molar-refractivity contribution in [3.8, 4) is 0 Å². The molecule has 1 aromatic carbocycles. The highest BCUT2D eigenvalue weighted by Crippen LogP contribution is 2.23. The van der Waals surface area contributed by atoms with Gasteiger partial charge in [-0.25, -0.2) is 0 Å². The van der Waals surface area contributed by atoms with Crippen molar-refractivity contribution in [3.63, 3.8) is 0 Å². The van der Waals surface area contributed by atoms with Crippen molar-refractivity contribution in [3.05, 3.63) is 46.6 Å². The summed E-state index contributed by atoms with van der Waals surface area (Å²) in [5.74, 6) is 0. The van der Waals surface area contributed by atoms with E-state index in [-0.39, 0.29) is 0 Å². The highest BCUT2D eigenvalue weighted by Gasteiger charge is 2.03. The van der Waals surface area contributed by atoms with Gasteiger partial charge in [0.25, 0.3) is 0 Å². The van der Waals surface area contributed by atoms with E-state index in [1.165, 1.54) is 6.26 Å². The minimum absolute atomic E-state index is 0.673. The first-order valence-corrected chi connectivity index (χ1v) is 5.87. The van der Waals surface area contributed by atoms with Crippen molar-refractivity contribution >= 4 is 23.2 Å². The smallest absolute Gasteiger partial charge is 0.0885 e. The van der Waals surface area contributed by atoms with E-state index in [0.29, 0.717) is 23.2 Å². The molecule has 4 heteroatoms. The first-order chi connectivity index (χ1) is 7.75. The van der Waals surface area contributed by atoms with Crippen molar-refractivity contribution < 1.29 is 4.74 Å². The molecule has 88 valence electrons. The second-order valence-electron chi connectivity index (χ2n) is 3.27. The summed E-state index contributed by atoms with van der Waals surface area (Å²) in [5, 5.41) is 4.65. The number of nitrogens with one attached hydrogen (secondary N) is 1. The summed E-state index contributed by atoms with van der Waals surface area (Å²) in [7, 11) is 0. The van der Waals surface area contributed by atoms with Crippen LogP contribution in [0.3, 0.4) is 0 Å². The second kappa shape index (κ2) is 7.55. The van der Waals surface area contributed by atoms with Crippen LogP contribution in [0.15, 0.2) is 31.0 Å². The Labute approximate surface area is 106 Å². The van der Waals surface area contributed by atoms with Crippen molar-refractivity contribution in [2.75, 3.05) is 13.2 Å². The molecule has 0 radical (unpaired) electrons. The zero-order valence-corrected chi connectivity index (χ0v) is 10.5. The van der Waals surface area contributed by atoms with Gasteiger partial charge >= 0.3 is 0 Å². The summed E-state index contributed by atoms with van der Waals surface area (Å²) < 4.78 is 5.00. The van der Waals surface area contributed by atoms with Gasteiger partial charge < -0.3 is 10.1 Å². The molecule has 2 nitrogen and oxygen atoms in total. The van der Waals surface area contributed by atoms with Gasteiger partial charge in [-0.2, -0.15) is 0 Å². The Balaban J connectivity index is 2.29. The molecule has 0 spiro atoms. The van der Waals surface area contributed by atoms with E-state index < -0.39 is 0 Å². The number of halogens is 2. The van der Waals surface area contributed by atoms with Gasteiger partial charge in [-0.15, -0.1) is 0 Å². The van der Waals surface area contributed by atoms with E-state index in [0.717, 1.165) is 18.5 Å². The van der Waals surface area contributed by atoms with Gasteiger partial charge in [-0.05, 0) is 25.1 Å². The molecule has 0 unspecified atom stereocenters. The van der Waals surface area contributed by atoms with Gasteiger partial charge in [0.05, 0.1) is 12.9 Å². The summed E-state index contributed by atoms with van der Waals surface area (Å²) in [6, 6.07) is 5.52. The molecule has 16 heavy (non-hydrogen) atoms. The Morgan fingerprint density at radius 3 is 2.62 bits per heavy atom. The fourth-order valence-corrected chi connectivity index (χ4v) is 1.81. The third kappa shape index (κ3) is 4.44. The van der Waals surface area contributed by atoms with Gasteiger partial charge in [0.1, 0.15) is 0 Å². The van der Waals surface area contributed by atoms with Gasteiger partial charge in [-0.3, -0.25) is 0 Å². The lowest BCUT2D eigenvalue weighted by atomic mass is 10.2. The van der Waals surface area contributed by atoms with Crippen LogP contribution in [-0.4, -0.2) is 13.2 Å². The van der Waals surface area contributed by atoms with Gasteiger partial charge in [-0.1, -0.05) is 35.8 Å². The fourth-order valence-electron chi connectivity index (χ4n) is 1.28. The Bertz CT molecular complexity index is 322. The van der Waals surface area contributed by atoms with Crippen molar-refractivity contribution in [2.24, 2.45) is 0 Å². The molecule has 1 N–H and O–H groups in total. The molecule has 0 aliphatic rings. The molecule has 0 amide bonds. The number of hydrogen-bond acceptors (Lipinski definition) is 2. The average molecular weight is 260 g/mol. The van der Waals surface area contributed by atoms with E-state index >= 15 is 0 Å². The van der Waals surface area contributed by atoms with Gasteiger partial charge in [0.15, 0.2) is 0 Å². The number of benzene rings is 1. The standard InChI is InChI=1S/C12H15Cl2NO/c1-2-16-8-4-7-15-9-10-11(13)5-3-6-12(10)14/h2-3,5-6,15H,1,4,7-9H2. The van der Waals surface area contributed by atoms with E-state index in [4.69, 9.17) is 27.9 Å². The molecule has 0 aromatic heterocycles. The predicted octanol–water partition coefficient (Wildman–Crippen LogP) is 3.63. The largest absolute Gasteiger partial charge is 0.502 e. The van der Waals surface area contributed by atoms with Crippen LogP contribution in [0.25, 0.3) is 0 Å². The summed E-state index contributed by atoms with van der Waals surface area (Å²) in [4.78, 5) is 0. The monoisotopic (exact) mass is 259 g/mol. The summed E-state index contributed by atoms with van der Waals surface area (Å²) >= 11 is 12.1. The maximum absolute atomic E-state index is 6.03. The Kier molecular flexibility index (Phi) is 6.31. The molecule has 0 saturated carbocycles. The van der Waals surface area contributed by atoms with Gasteiger partial charge in [0.2, 0.25) is 0 Å². The molecule has 0 heterocycles. The van der Waals surface area contributed by atoms with Crippen LogP contribution in [-0.2, 0) is 11.3 Å². The van der Waals surface area contributed by atoms with Crippen LogP contribution < -0.4 is 5.32 Å². The minimum atomic E-state index is 0.673. The van der Waals surface area contributed by atoms with Crippen LogP contribution in [0, 0.1) is 0 Å². The summed E-state index contributed by atoms with van der Waals surface area (Å²) in [6.07, 6.45) is 2.37. The third-order valence-electron chi connectivity index (χ3n) is 2.10. The molecular weight excluding hydrogens is 245 g/mol. The van der Waals surface area contributed by atoms with E-state index in [9.17, 15) is 0 Å². The molecule has 0 atom stereocenters. The number of rotatable bonds is 7. The lowest BCUT2D eigenvalue weighted by Gasteiger charge is -2.08. The zero-order valence-electron chi connectivity index (χ0n) is 9.01. The lowest BCUT2D eigenvalue weighted by molar-refractivity contribution is 0.244. The predicted molar refractivity (Wildman–Crippen MR) is 68.9 cm³/mol. The summed E-state index contributed by atoms with van der Waals surface area (Å²) in [6.45, 7) is 5.67. The first kappa shape index (κ1) is 13.4. The number of hydrogen-bond donors (Lipinski definition) is 1. The van der Waals surface area contributed by atoms with E-state index in [1.807, 2.05) is 18.2 Å². The molecule has 0 saturated heterocycles. The minimum Gasteiger partial charge on any atom is -0.502 e. The first-order valence-electron chi connectivity index (χ1n) is 5.12. The maximum atomic E-state index is 6.03. The molecule has 0 aliphatic heterocycles. The van der Waals surface area contributed by atoms with Crippen molar-refractivity contribution in [2.45, 2.75) is 13.0 Å². The fraction of sp³-hybridized carbons (Fsp3) is 0.333. The highest BCUT2D eigenvalue weighted by atomic mass is 35.5. The van der Waals surface area contributed by atoms with E-state index in [2.05, 4.69) is 11.9 Å². The highest BCUT2D eigenvalue weighted by molar-refractivity contribution is 6.35. The SMILES string of the molecule is C=COCCCNCc1c(Cl)cccc1Cl. The zero-order chi connectivity index (χ0) is 11.8. The molecule has 0 bridgehead atoms. The van der Waals surface area contributed by atoms with Crippen LogP contribution in [0.4, 0.5) is 0 Å². The molecule has 1 aromatic rings. The van der Waals surface area contributed by atoms with Crippen LogP contribution in [0.2, 0.25) is 10.0 Å². The van der Waals surface area contributed by atoms with E-state index in [1.54, 1.807) is 0 Å². The lowest BCUT2D eigenvalue weighted by Crippen LogP contribution is -2.16. The maximum Gasteiger partial charge on any atom is 0.0885 e. The molecule has 0 fully saturated rings. The topological polar surface area (TPSA) is 21.3 Å². The van der Waals surface area contributed by atoms with Crippen LogP contribution in [0.1, 0.15) is 12.0 Å². The molecule has 0 aliphatic carbocycles. The quantitative estimate of drug-likeness (QED) is 0.597. The normalized spacial score (nSPS) is 10.1. The average Bonchev–Trinajstić information content (AvgIpc) is 2.26. The Hall–Kier alpha value is -0.700. The summed E-state index contributed by atoms with van der Waals surface area (Å²) in [5.41, 5.74) is 0.940. The van der Waals surface area contributed by atoms with Crippen LogP contribution >= 0.6 is 23.2 Å².